The summed E-state index contributed by atoms with van der Waals surface area (Å²) in [6.45, 7) is 4.34. The summed E-state index contributed by atoms with van der Waals surface area (Å²) < 4.78 is 1.01. The van der Waals surface area contributed by atoms with Gasteiger partial charge < -0.3 is 10.4 Å². The lowest BCUT2D eigenvalue weighted by atomic mass is 10.1. The van der Waals surface area contributed by atoms with E-state index in [0.29, 0.717) is 6.42 Å². The molecule has 0 radical (unpaired) electrons. The molecule has 1 aromatic rings. The molecule has 0 spiro atoms. The highest BCUT2D eigenvalue weighted by Gasteiger charge is 2.11. The van der Waals surface area contributed by atoms with E-state index >= 15 is 0 Å². The molecule has 0 fully saturated rings. The van der Waals surface area contributed by atoms with Gasteiger partial charge in [-0.3, -0.25) is 0 Å². The predicted octanol–water partition coefficient (Wildman–Crippen LogP) is 2.48. The quantitative estimate of drug-likeness (QED) is 0.879. The molecule has 2 N–H and O–H groups in total. The van der Waals surface area contributed by atoms with Gasteiger partial charge in [-0.2, -0.15) is 0 Å². The Labute approximate surface area is 90.3 Å². The van der Waals surface area contributed by atoms with Gasteiger partial charge in [0.05, 0.1) is 15.6 Å². The van der Waals surface area contributed by atoms with Crippen LogP contribution < -0.4 is 5.32 Å². The fourth-order valence-electron chi connectivity index (χ4n) is 0.811. The zero-order valence-corrected chi connectivity index (χ0v) is 10.1. The maximum absolute atomic E-state index is 9.43. The second kappa shape index (κ2) is 4.39. The number of rotatable bonds is 4. The van der Waals surface area contributed by atoms with Crippen LogP contribution in [0.15, 0.2) is 9.98 Å². The molecule has 0 saturated carbocycles. The third kappa shape index (κ3) is 4.59. The highest BCUT2D eigenvalue weighted by atomic mass is 79.9. The molecule has 0 saturated heterocycles. The van der Waals surface area contributed by atoms with E-state index < -0.39 is 5.60 Å². The van der Waals surface area contributed by atoms with Crippen LogP contribution in [-0.2, 0) is 0 Å². The number of hydrogen-bond donors (Lipinski definition) is 2. The Bertz CT molecular complexity index is 269. The van der Waals surface area contributed by atoms with Crippen LogP contribution in [0.4, 0.5) is 5.13 Å². The minimum Gasteiger partial charge on any atom is -0.390 e. The highest BCUT2D eigenvalue weighted by Crippen LogP contribution is 2.23. The molecule has 0 unspecified atom stereocenters. The highest BCUT2D eigenvalue weighted by molar-refractivity contribution is 9.11. The summed E-state index contributed by atoms with van der Waals surface area (Å²) in [6.07, 6.45) is 2.47. The van der Waals surface area contributed by atoms with E-state index in [1.165, 1.54) is 0 Å². The number of nitrogens with zero attached hydrogens (tertiary/aromatic N) is 1. The molecular weight excluding hydrogens is 252 g/mol. The lowest BCUT2D eigenvalue weighted by Gasteiger charge is -2.16. The molecule has 1 heterocycles. The zero-order chi connectivity index (χ0) is 9.90. The van der Waals surface area contributed by atoms with Crippen molar-refractivity contribution in [3.8, 4) is 0 Å². The van der Waals surface area contributed by atoms with Crippen molar-refractivity contribution in [3.63, 3.8) is 0 Å². The van der Waals surface area contributed by atoms with Crippen LogP contribution in [0.1, 0.15) is 20.3 Å². The van der Waals surface area contributed by atoms with Crippen LogP contribution in [0, 0.1) is 0 Å². The summed E-state index contributed by atoms with van der Waals surface area (Å²) >= 11 is 4.88. The molecule has 74 valence electrons. The number of aliphatic hydroxyl groups is 1. The standard InChI is InChI=1S/C8H13BrN2OS/c1-8(2,12)3-4-10-7-11-5-6(9)13-7/h5,12H,3-4H2,1-2H3,(H,10,11). The van der Waals surface area contributed by atoms with Crippen molar-refractivity contribution in [3.05, 3.63) is 9.98 Å². The smallest absolute Gasteiger partial charge is 0.183 e. The summed E-state index contributed by atoms with van der Waals surface area (Å²) in [5.41, 5.74) is -0.610. The predicted molar refractivity (Wildman–Crippen MR) is 59.2 cm³/mol. The number of aromatic nitrogens is 1. The largest absolute Gasteiger partial charge is 0.390 e. The maximum Gasteiger partial charge on any atom is 0.183 e. The molecule has 1 aromatic heterocycles. The second-order valence-electron chi connectivity index (χ2n) is 3.46. The van der Waals surface area contributed by atoms with Gasteiger partial charge in [0, 0.05) is 6.54 Å². The molecule has 0 aromatic carbocycles. The minimum atomic E-state index is -0.610. The van der Waals surface area contributed by atoms with Gasteiger partial charge in [-0.1, -0.05) is 11.3 Å². The summed E-state index contributed by atoms with van der Waals surface area (Å²) in [5, 5.41) is 13.5. The first-order valence-electron chi connectivity index (χ1n) is 4.05. The van der Waals surface area contributed by atoms with Crippen molar-refractivity contribution in [2.75, 3.05) is 11.9 Å². The molecule has 0 aliphatic heterocycles. The van der Waals surface area contributed by atoms with Crippen LogP contribution in [0.5, 0.6) is 0 Å². The molecule has 0 aliphatic carbocycles. The molecule has 0 bridgehead atoms. The van der Waals surface area contributed by atoms with Crippen molar-refractivity contribution in [2.45, 2.75) is 25.9 Å². The van der Waals surface area contributed by atoms with Crippen molar-refractivity contribution in [2.24, 2.45) is 0 Å². The molecule has 3 nitrogen and oxygen atoms in total. The van der Waals surface area contributed by atoms with Gasteiger partial charge in [0.2, 0.25) is 0 Å². The average Bonchev–Trinajstić information content (AvgIpc) is 2.33. The fourth-order valence-corrected chi connectivity index (χ4v) is 1.94. The lowest BCUT2D eigenvalue weighted by Crippen LogP contribution is -2.22. The zero-order valence-electron chi connectivity index (χ0n) is 7.67. The van der Waals surface area contributed by atoms with E-state index in [-0.39, 0.29) is 0 Å². The molecule has 0 amide bonds. The first-order chi connectivity index (χ1) is 5.97. The molecule has 0 aliphatic rings. The van der Waals surface area contributed by atoms with Gasteiger partial charge in [-0.05, 0) is 36.2 Å². The Hall–Kier alpha value is -0.130. The molecule has 13 heavy (non-hydrogen) atoms. The monoisotopic (exact) mass is 264 g/mol. The molecule has 5 heteroatoms. The first kappa shape index (κ1) is 10.9. The number of halogens is 1. The SMILES string of the molecule is CC(C)(O)CCNc1ncc(Br)s1. The molecular formula is C8H13BrN2OS. The first-order valence-corrected chi connectivity index (χ1v) is 5.66. The fraction of sp³-hybridized carbons (Fsp3) is 0.625. The second-order valence-corrected chi connectivity index (χ2v) is 5.87. The van der Waals surface area contributed by atoms with Gasteiger partial charge in [-0.15, -0.1) is 0 Å². The Morgan fingerprint density at radius 2 is 2.38 bits per heavy atom. The van der Waals surface area contributed by atoms with Crippen LogP contribution >= 0.6 is 27.3 Å². The van der Waals surface area contributed by atoms with Gasteiger partial charge in [0.15, 0.2) is 5.13 Å². The molecule has 1 rings (SSSR count). The van der Waals surface area contributed by atoms with Gasteiger partial charge in [0.1, 0.15) is 0 Å². The van der Waals surface area contributed by atoms with E-state index in [2.05, 4.69) is 26.2 Å². The number of hydrogen-bond acceptors (Lipinski definition) is 4. The summed E-state index contributed by atoms with van der Waals surface area (Å²) in [5.74, 6) is 0. The maximum atomic E-state index is 9.43. The average molecular weight is 265 g/mol. The number of anilines is 1. The van der Waals surface area contributed by atoms with Crippen LogP contribution in [0.25, 0.3) is 0 Å². The van der Waals surface area contributed by atoms with Crippen LogP contribution in [-0.4, -0.2) is 22.2 Å². The third-order valence-corrected chi connectivity index (χ3v) is 2.92. The third-order valence-electron chi connectivity index (χ3n) is 1.49. The van der Waals surface area contributed by atoms with E-state index in [1.54, 1.807) is 31.4 Å². The topological polar surface area (TPSA) is 45.1 Å². The Kier molecular flexibility index (Phi) is 3.70. The van der Waals surface area contributed by atoms with Gasteiger partial charge in [-0.25, -0.2) is 4.98 Å². The van der Waals surface area contributed by atoms with Crippen LogP contribution in [0.2, 0.25) is 0 Å². The van der Waals surface area contributed by atoms with Crippen molar-refractivity contribution in [1.82, 2.24) is 4.98 Å². The van der Waals surface area contributed by atoms with E-state index in [9.17, 15) is 5.11 Å². The Morgan fingerprint density at radius 1 is 1.69 bits per heavy atom. The van der Waals surface area contributed by atoms with E-state index in [4.69, 9.17) is 0 Å². The van der Waals surface area contributed by atoms with Crippen molar-refractivity contribution < 1.29 is 5.11 Å². The minimum absolute atomic E-state index is 0.610. The summed E-state index contributed by atoms with van der Waals surface area (Å²) in [6, 6.07) is 0. The number of thiazole rings is 1. The van der Waals surface area contributed by atoms with Crippen molar-refractivity contribution in [1.29, 1.82) is 0 Å². The summed E-state index contributed by atoms with van der Waals surface area (Å²) in [7, 11) is 0. The van der Waals surface area contributed by atoms with Crippen LogP contribution in [0.3, 0.4) is 0 Å². The normalized spacial score (nSPS) is 11.7. The van der Waals surface area contributed by atoms with Gasteiger partial charge in [0.25, 0.3) is 0 Å². The Balaban J connectivity index is 2.28. The number of nitrogens with one attached hydrogen (secondary N) is 1. The summed E-state index contributed by atoms with van der Waals surface area (Å²) in [4.78, 5) is 4.11. The lowest BCUT2D eigenvalue weighted by molar-refractivity contribution is 0.0749. The van der Waals surface area contributed by atoms with Crippen molar-refractivity contribution >= 4 is 32.4 Å². The van der Waals surface area contributed by atoms with E-state index in [1.807, 2.05) is 0 Å². The van der Waals surface area contributed by atoms with E-state index in [0.717, 1.165) is 15.5 Å². The molecule has 0 atom stereocenters. The Morgan fingerprint density at radius 3 is 2.85 bits per heavy atom. The van der Waals surface area contributed by atoms with Gasteiger partial charge >= 0.3 is 0 Å².